The lowest BCUT2D eigenvalue weighted by molar-refractivity contribution is -0.133. The van der Waals surface area contributed by atoms with Crippen molar-refractivity contribution in [3.63, 3.8) is 0 Å². The lowest BCUT2D eigenvalue weighted by atomic mass is 10.1. The predicted octanol–water partition coefficient (Wildman–Crippen LogP) is 0.0335. The summed E-state index contributed by atoms with van der Waals surface area (Å²) in [5.41, 5.74) is 1.04. The number of sulfonamides is 1. The van der Waals surface area contributed by atoms with Gasteiger partial charge in [0.15, 0.2) is 0 Å². The van der Waals surface area contributed by atoms with Crippen molar-refractivity contribution in [1.82, 2.24) is 19.4 Å². The van der Waals surface area contributed by atoms with Crippen LogP contribution < -0.4 is 5.32 Å². The number of benzene rings is 1. The van der Waals surface area contributed by atoms with Gasteiger partial charge in [-0.05, 0) is 18.4 Å². The minimum atomic E-state index is -3.25. The first-order chi connectivity index (χ1) is 13.8. The Labute approximate surface area is 170 Å². The smallest absolute Gasteiger partial charge is 0.324 e. The van der Waals surface area contributed by atoms with E-state index in [2.05, 4.69) is 5.32 Å². The maximum atomic E-state index is 12.5. The molecule has 1 atom stereocenters. The molecule has 1 aromatic carbocycles. The number of nitrogens with zero attached hydrogens (tertiary/aromatic N) is 3. The number of rotatable bonds is 7. The second kappa shape index (κ2) is 8.91. The summed E-state index contributed by atoms with van der Waals surface area (Å²) in [5.74, 6) is -0.441. The number of amides is 4. The van der Waals surface area contributed by atoms with Crippen molar-refractivity contribution in [1.29, 1.82) is 0 Å². The average molecular weight is 423 g/mol. The van der Waals surface area contributed by atoms with Gasteiger partial charge in [0.2, 0.25) is 15.9 Å². The van der Waals surface area contributed by atoms with E-state index in [1.54, 1.807) is 4.90 Å². The first kappa shape index (κ1) is 21.3. The van der Waals surface area contributed by atoms with Gasteiger partial charge in [-0.25, -0.2) is 13.2 Å². The highest BCUT2D eigenvalue weighted by molar-refractivity contribution is 7.88. The normalized spacial score (nSPS) is 20.8. The third-order valence-corrected chi connectivity index (χ3v) is 6.58. The van der Waals surface area contributed by atoms with Crippen molar-refractivity contribution in [2.24, 2.45) is 0 Å². The largest absolute Gasteiger partial charge is 0.340 e. The van der Waals surface area contributed by atoms with E-state index in [1.807, 2.05) is 30.3 Å². The average Bonchev–Trinajstić information content (AvgIpc) is 2.97. The summed E-state index contributed by atoms with van der Waals surface area (Å²) in [6, 6.07) is 8.49. The van der Waals surface area contributed by atoms with Crippen LogP contribution in [0.2, 0.25) is 0 Å². The molecule has 2 fully saturated rings. The van der Waals surface area contributed by atoms with Crippen LogP contribution in [0.3, 0.4) is 0 Å². The Bertz CT molecular complexity index is 866. The molecule has 1 aromatic rings. The fourth-order valence-corrected chi connectivity index (χ4v) is 4.39. The number of carbonyl (C=O) groups excluding carboxylic acids is 3. The van der Waals surface area contributed by atoms with Crippen LogP contribution in [0.4, 0.5) is 4.79 Å². The van der Waals surface area contributed by atoms with Crippen LogP contribution in [0, 0.1) is 0 Å². The van der Waals surface area contributed by atoms with Gasteiger partial charge in [0.05, 0.1) is 6.26 Å². The third kappa shape index (κ3) is 5.33. The Morgan fingerprint density at radius 3 is 2.38 bits per heavy atom. The van der Waals surface area contributed by atoms with E-state index in [4.69, 9.17) is 0 Å². The first-order valence-corrected chi connectivity index (χ1v) is 11.5. The van der Waals surface area contributed by atoms with Crippen LogP contribution in [0.1, 0.15) is 18.4 Å². The fourth-order valence-electron chi connectivity index (χ4n) is 3.56. The van der Waals surface area contributed by atoms with Crippen molar-refractivity contribution in [3.05, 3.63) is 35.9 Å². The summed E-state index contributed by atoms with van der Waals surface area (Å²) >= 11 is 0. The molecule has 10 heteroatoms. The zero-order chi connectivity index (χ0) is 21.0. The number of hydrogen-bond acceptors (Lipinski definition) is 5. The van der Waals surface area contributed by atoms with Gasteiger partial charge in [0.1, 0.15) is 6.04 Å². The molecule has 3 rings (SSSR count). The zero-order valence-corrected chi connectivity index (χ0v) is 17.2. The minimum absolute atomic E-state index is 0.127. The molecule has 0 bridgehead atoms. The van der Waals surface area contributed by atoms with Crippen molar-refractivity contribution in [2.75, 3.05) is 39.0 Å². The van der Waals surface area contributed by atoms with Gasteiger partial charge in [0.25, 0.3) is 5.91 Å². The van der Waals surface area contributed by atoms with Gasteiger partial charge in [-0.3, -0.25) is 14.5 Å². The van der Waals surface area contributed by atoms with E-state index in [1.165, 1.54) is 9.21 Å². The van der Waals surface area contributed by atoms with Crippen LogP contribution >= 0.6 is 0 Å². The molecule has 9 nitrogen and oxygen atoms in total. The summed E-state index contributed by atoms with van der Waals surface area (Å²) in [6.45, 7) is 1.51. The van der Waals surface area contributed by atoms with Gasteiger partial charge >= 0.3 is 6.03 Å². The maximum absolute atomic E-state index is 12.5. The lowest BCUT2D eigenvalue weighted by Gasteiger charge is -2.33. The van der Waals surface area contributed by atoms with Crippen LogP contribution in [0.5, 0.6) is 0 Å². The zero-order valence-electron chi connectivity index (χ0n) is 16.4. The topological polar surface area (TPSA) is 107 Å². The van der Waals surface area contributed by atoms with Gasteiger partial charge in [-0.1, -0.05) is 30.3 Å². The Hall–Kier alpha value is -2.46. The molecule has 0 radical (unpaired) electrons. The van der Waals surface area contributed by atoms with Gasteiger partial charge in [-0.15, -0.1) is 0 Å². The lowest BCUT2D eigenvalue weighted by Crippen LogP contribution is -2.50. The molecule has 1 unspecified atom stereocenters. The van der Waals surface area contributed by atoms with Crippen molar-refractivity contribution >= 4 is 27.9 Å². The summed E-state index contributed by atoms with van der Waals surface area (Å²) in [7, 11) is -3.25. The standard InChI is InChI=1S/C19H26N4O5S/c1-29(27,28)22-13-11-21(12-14-22)17(24)8-7-16-18(25)23(19(26)20-16)10-9-15-5-3-2-4-6-15/h2-6,16H,7-14H2,1H3,(H,20,26). The third-order valence-electron chi connectivity index (χ3n) is 5.28. The number of piperazine rings is 1. The Balaban J connectivity index is 1.45. The molecule has 2 aliphatic rings. The molecule has 1 N–H and O–H groups in total. The van der Waals surface area contributed by atoms with Crippen LogP contribution in [-0.2, 0) is 26.0 Å². The van der Waals surface area contributed by atoms with Crippen LogP contribution in [-0.4, -0.2) is 85.4 Å². The van der Waals surface area contributed by atoms with Crippen molar-refractivity contribution < 1.29 is 22.8 Å². The highest BCUT2D eigenvalue weighted by Crippen LogP contribution is 2.15. The summed E-state index contributed by atoms with van der Waals surface area (Å²) in [4.78, 5) is 39.9. The van der Waals surface area contributed by atoms with E-state index in [0.717, 1.165) is 11.8 Å². The molecule has 29 heavy (non-hydrogen) atoms. The molecule has 2 saturated heterocycles. The van der Waals surface area contributed by atoms with Crippen molar-refractivity contribution in [2.45, 2.75) is 25.3 Å². The van der Waals surface area contributed by atoms with Crippen LogP contribution in [0.15, 0.2) is 30.3 Å². The number of imide groups is 1. The summed E-state index contributed by atoms with van der Waals surface area (Å²) in [5, 5.41) is 2.65. The molecule has 4 amide bonds. The molecule has 2 heterocycles. The van der Waals surface area contributed by atoms with Gasteiger partial charge < -0.3 is 10.2 Å². The Morgan fingerprint density at radius 1 is 1.10 bits per heavy atom. The highest BCUT2D eigenvalue weighted by Gasteiger charge is 2.38. The van der Waals surface area contributed by atoms with Crippen molar-refractivity contribution in [3.8, 4) is 0 Å². The van der Waals surface area contributed by atoms with E-state index in [0.29, 0.717) is 26.1 Å². The first-order valence-electron chi connectivity index (χ1n) is 9.64. The second-order valence-corrected chi connectivity index (χ2v) is 9.29. The van der Waals surface area contributed by atoms with E-state index < -0.39 is 22.1 Å². The van der Waals surface area contributed by atoms with Gasteiger partial charge in [0, 0.05) is 39.1 Å². The quantitative estimate of drug-likeness (QED) is 0.624. The fraction of sp³-hybridized carbons (Fsp3) is 0.526. The molecular weight excluding hydrogens is 396 g/mol. The van der Waals surface area contributed by atoms with E-state index in [9.17, 15) is 22.8 Å². The van der Waals surface area contributed by atoms with E-state index in [-0.39, 0.29) is 37.7 Å². The van der Waals surface area contributed by atoms with Gasteiger partial charge in [-0.2, -0.15) is 4.31 Å². The summed E-state index contributed by atoms with van der Waals surface area (Å²) < 4.78 is 24.4. The maximum Gasteiger partial charge on any atom is 0.324 e. The summed E-state index contributed by atoms with van der Waals surface area (Å²) in [6.07, 6.45) is 2.10. The Morgan fingerprint density at radius 2 is 1.76 bits per heavy atom. The highest BCUT2D eigenvalue weighted by atomic mass is 32.2. The SMILES string of the molecule is CS(=O)(=O)N1CCN(C(=O)CCC2NC(=O)N(CCc3ccccc3)C2=O)CC1. The van der Waals surface area contributed by atoms with Crippen LogP contribution in [0.25, 0.3) is 0 Å². The molecule has 0 aliphatic carbocycles. The number of nitrogens with one attached hydrogen (secondary N) is 1. The minimum Gasteiger partial charge on any atom is -0.340 e. The monoisotopic (exact) mass is 422 g/mol. The number of hydrogen-bond donors (Lipinski definition) is 1. The predicted molar refractivity (Wildman–Crippen MR) is 106 cm³/mol. The molecule has 158 valence electrons. The molecule has 2 aliphatic heterocycles. The van der Waals surface area contributed by atoms with E-state index >= 15 is 0 Å². The molecule has 0 saturated carbocycles. The Kier molecular flexibility index (Phi) is 6.53. The molecular formula is C19H26N4O5S. The molecule has 0 spiro atoms. The second-order valence-electron chi connectivity index (χ2n) is 7.31. The number of urea groups is 1. The molecule has 0 aromatic heterocycles. The number of carbonyl (C=O) groups is 3.